The summed E-state index contributed by atoms with van der Waals surface area (Å²) in [7, 11) is 0. The van der Waals surface area contributed by atoms with Crippen molar-refractivity contribution in [3.8, 4) is 5.75 Å². The maximum absolute atomic E-state index is 12.6. The van der Waals surface area contributed by atoms with Gasteiger partial charge in [-0.2, -0.15) is 0 Å². The number of carbonyl (C=O) groups excluding carboxylic acids is 1. The molecule has 1 saturated carbocycles. The van der Waals surface area contributed by atoms with Crippen LogP contribution in [0.1, 0.15) is 29.6 Å². The zero-order chi connectivity index (χ0) is 18.4. The first kappa shape index (κ1) is 19.1. The molecule has 1 aliphatic heterocycles. The molecule has 0 bridgehead atoms. The molecule has 3 atom stereocenters. The lowest BCUT2D eigenvalue weighted by Crippen LogP contribution is -2.58. The third-order valence-electron chi connectivity index (χ3n) is 5.16. The van der Waals surface area contributed by atoms with Crippen LogP contribution in [-0.4, -0.2) is 73.6 Å². The first-order valence-corrected chi connectivity index (χ1v) is 9.42. The Morgan fingerprint density at radius 3 is 2.69 bits per heavy atom. The molecular formula is C19H29N3O4. The van der Waals surface area contributed by atoms with Gasteiger partial charge in [0, 0.05) is 31.2 Å². The minimum atomic E-state index is -0.557. The molecule has 1 saturated heterocycles. The van der Waals surface area contributed by atoms with Crippen molar-refractivity contribution in [2.75, 3.05) is 39.5 Å². The lowest BCUT2D eigenvalue weighted by molar-refractivity contribution is -0.0459. The summed E-state index contributed by atoms with van der Waals surface area (Å²) < 4.78 is 10.8. The summed E-state index contributed by atoms with van der Waals surface area (Å²) in [4.78, 5) is 14.8. The van der Waals surface area contributed by atoms with Crippen LogP contribution in [-0.2, 0) is 4.74 Å². The number of nitrogens with zero attached hydrogens (tertiary/aromatic N) is 1. The molecule has 0 radical (unpaired) electrons. The third kappa shape index (κ3) is 4.73. The number of nitrogens with two attached hydrogens (primary N) is 1. The van der Waals surface area contributed by atoms with E-state index < -0.39 is 6.10 Å². The minimum absolute atomic E-state index is 0.0880. The second-order valence-electron chi connectivity index (χ2n) is 6.88. The molecule has 0 aromatic heterocycles. The zero-order valence-electron chi connectivity index (χ0n) is 15.1. The SMILES string of the molecule is NCCOc1ccc(C(=O)N[C@@H]2CCC[C@@H](N3CCOCC3)[C@@H]2O)cc1. The van der Waals surface area contributed by atoms with Crippen molar-refractivity contribution in [3.63, 3.8) is 0 Å². The van der Waals surface area contributed by atoms with E-state index in [0.717, 1.165) is 32.4 Å². The first-order valence-electron chi connectivity index (χ1n) is 9.42. The molecule has 7 nitrogen and oxygen atoms in total. The van der Waals surface area contributed by atoms with Gasteiger partial charge in [-0.3, -0.25) is 9.69 Å². The zero-order valence-corrected chi connectivity index (χ0v) is 15.1. The summed E-state index contributed by atoms with van der Waals surface area (Å²) in [6, 6.07) is 6.85. The highest BCUT2D eigenvalue weighted by molar-refractivity contribution is 5.94. The number of hydrogen-bond donors (Lipinski definition) is 3. The molecule has 144 valence electrons. The monoisotopic (exact) mass is 363 g/mol. The minimum Gasteiger partial charge on any atom is -0.492 e. The predicted octanol–water partition coefficient (Wildman–Crippen LogP) is 0.368. The van der Waals surface area contributed by atoms with Gasteiger partial charge in [0.1, 0.15) is 12.4 Å². The Morgan fingerprint density at radius 2 is 2.00 bits per heavy atom. The second kappa shape index (κ2) is 9.32. The molecule has 1 aromatic carbocycles. The molecular weight excluding hydrogens is 334 g/mol. The highest BCUT2D eigenvalue weighted by atomic mass is 16.5. The fraction of sp³-hybridized carbons (Fsp3) is 0.632. The number of hydrogen-bond acceptors (Lipinski definition) is 6. The average molecular weight is 363 g/mol. The van der Waals surface area contributed by atoms with Crippen LogP contribution < -0.4 is 15.8 Å². The maximum atomic E-state index is 12.6. The van der Waals surface area contributed by atoms with Crippen LogP contribution >= 0.6 is 0 Å². The molecule has 0 unspecified atom stereocenters. The largest absolute Gasteiger partial charge is 0.492 e. The Kier molecular flexibility index (Phi) is 6.85. The number of amides is 1. The van der Waals surface area contributed by atoms with Crippen molar-refractivity contribution >= 4 is 5.91 Å². The van der Waals surface area contributed by atoms with Gasteiger partial charge in [0.2, 0.25) is 0 Å². The molecule has 0 spiro atoms. The molecule has 4 N–H and O–H groups in total. The highest BCUT2D eigenvalue weighted by Gasteiger charge is 2.36. The van der Waals surface area contributed by atoms with Gasteiger partial charge in [-0.1, -0.05) is 0 Å². The fourth-order valence-corrected chi connectivity index (χ4v) is 3.75. The third-order valence-corrected chi connectivity index (χ3v) is 5.16. The first-order chi connectivity index (χ1) is 12.7. The van der Waals surface area contributed by atoms with Crippen molar-refractivity contribution in [1.29, 1.82) is 0 Å². The van der Waals surface area contributed by atoms with Crippen LogP contribution in [0.4, 0.5) is 0 Å². The van der Waals surface area contributed by atoms with E-state index in [1.807, 2.05) is 0 Å². The molecule has 1 aromatic rings. The lowest BCUT2D eigenvalue weighted by Gasteiger charge is -2.43. The fourth-order valence-electron chi connectivity index (χ4n) is 3.75. The summed E-state index contributed by atoms with van der Waals surface area (Å²) in [6.07, 6.45) is 2.19. The number of morpholine rings is 1. The summed E-state index contributed by atoms with van der Waals surface area (Å²) in [5, 5.41) is 13.8. The van der Waals surface area contributed by atoms with E-state index in [1.165, 1.54) is 0 Å². The Hall–Kier alpha value is -1.67. The van der Waals surface area contributed by atoms with Crippen LogP contribution in [0.2, 0.25) is 0 Å². The molecule has 1 amide bonds. The number of ether oxygens (including phenoxy) is 2. The van der Waals surface area contributed by atoms with E-state index in [-0.39, 0.29) is 18.0 Å². The van der Waals surface area contributed by atoms with Gasteiger partial charge in [0.25, 0.3) is 5.91 Å². The number of carbonyl (C=O) groups is 1. The number of aliphatic hydroxyl groups is 1. The normalized spacial score (nSPS) is 27.1. The van der Waals surface area contributed by atoms with Crippen molar-refractivity contribution < 1.29 is 19.4 Å². The quantitative estimate of drug-likeness (QED) is 0.676. The van der Waals surface area contributed by atoms with Gasteiger partial charge in [-0.15, -0.1) is 0 Å². The van der Waals surface area contributed by atoms with Crippen molar-refractivity contribution in [2.24, 2.45) is 5.73 Å². The van der Waals surface area contributed by atoms with E-state index in [0.29, 0.717) is 37.7 Å². The summed E-state index contributed by atoms with van der Waals surface area (Å²) >= 11 is 0. The summed E-state index contributed by atoms with van der Waals surface area (Å²) in [6.45, 7) is 3.99. The topological polar surface area (TPSA) is 97.0 Å². The van der Waals surface area contributed by atoms with Gasteiger partial charge in [-0.25, -0.2) is 0 Å². The van der Waals surface area contributed by atoms with E-state index >= 15 is 0 Å². The highest BCUT2D eigenvalue weighted by Crippen LogP contribution is 2.25. The Labute approximate surface area is 154 Å². The van der Waals surface area contributed by atoms with Gasteiger partial charge in [0.15, 0.2) is 0 Å². The Balaban J connectivity index is 1.57. The number of benzene rings is 1. The Morgan fingerprint density at radius 1 is 1.27 bits per heavy atom. The smallest absolute Gasteiger partial charge is 0.251 e. The van der Waals surface area contributed by atoms with Crippen molar-refractivity contribution in [1.82, 2.24) is 10.2 Å². The van der Waals surface area contributed by atoms with E-state index in [2.05, 4.69) is 10.2 Å². The molecule has 3 rings (SSSR count). The van der Waals surface area contributed by atoms with Crippen LogP contribution in [0, 0.1) is 0 Å². The molecule has 26 heavy (non-hydrogen) atoms. The van der Waals surface area contributed by atoms with Gasteiger partial charge >= 0.3 is 0 Å². The number of aliphatic hydroxyl groups excluding tert-OH is 1. The predicted molar refractivity (Wildman–Crippen MR) is 98.3 cm³/mol. The van der Waals surface area contributed by atoms with E-state index in [1.54, 1.807) is 24.3 Å². The molecule has 1 aliphatic carbocycles. The number of nitrogens with one attached hydrogen (secondary N) is 1. The summed E-state index contributed by atoms with van der Waals surface area (Å²) in [5.41, 5.74) is 5.97. The van der Waals surface area contributed by atoms with E-state index in [4.69, 9.17) is 15.2 Å². The Bertz CT molecular complexity index is 575. The molecule has 2 fully saturated rings. The standard InChI is InChI=1S/C19H29N3O4/c20-8-11-26-15-6-4-14(5-7-15)19(24)21-16-2-1-3-17(18(16)23)22-9-12-25-13-10-22/h4-7,16-18,23H,1-3,8-13,20H2,(H,21,24)/t16-,17-,18-/m1/s1. The average Bonchev–Trinajstić information content (AvgIpc) is 2.69. The lowest BCUT2D eigenvalue weighted by atomic mass is 9.86. The van der Waals surface area contributed by atoms with Crippen LogP contribution in [0.25, 0.3) is 0 Å². The molecule has 1 heterocycles. The van der Waals surface area contributed by atoms with E-state index in [9.17, 15) is 9.90 Å². The maximum Gasteiger partial charge on any atom is 0.251 e. The van der Waals surface area contributed by atoms with Gasteiger partial charge in [0.05, 0.1) is 25.4 Å². The number of rotatable bonds is 6. The van der Waals surface area contributed by atoms with Crippen LogP contribution in [0.3, 0.4) is 0 Å². The van der Waals surface area contributed by atoms with Crippen LogP contribution in [0.5, 0.6) is 5.75 Å². The second-order valence-corrected chi connectivity index (χ2v) is 6.88. The van der Waals surface area contributed by atoms with Gasteiger partial charge in [-0.05, 0) is 43.5 Å². The van der Waals surface area contributed by atoms with Crippen LogP contribution in [0.15, 0.2) is 24.3 Å². The summed E-state index contributed by atoms with van der Waals surface area (Å²) in [5.74, 6) is 0.527. The molecule has 7 heteroatoms. The van der Waals surface area contributed by atoms with Crippen molar-refractivity contribution in [2.45, 2.75) is 37.5 Å². The van der Waals surface area contributed by atoms with Gasteiger partial charge < -0.3 is 25.6 Å². The molecule has 2 aliphatic rings. The van der Waals surface area contributed by atoms with Crippen molar-refractivity contribution in [3.05, 3.63) is 29.8 Å².